The van der Waals surface area contributed by atoms with Crippen LogP contribution in [0.1, 0.15) is 51.5 Å². The van der Waals surface area contributed by atoms with E-state index in [1.54, 1.807) is 10.8 Å². The number of aliphatic hydroxyl groups excluding tert-OH is 1. The van der Waals surface area contributed by atoms with E-state index >= 15 is 0 Å². The van der Waals surface area contributed by atoms with Crippen LogP contribution >= 0.6 is 0 Å². The molecule has 9 nitrogen and oxygen atoms in total. The molecule has 29 heavy (non-hydrogen) atoms. The Morgan fingerprint density at radius 3 is 2.62 bits per heavy atom. The van der Waals surface area contributed by atoms with Gasteiger partial charge in [0.25, 0.3) is 0 Å². The molecule has 2 heterocycles. The minimum atomic E-state index is -0.779. The fourth-order valence-corrected chi connectivity index (χ4v) is 4.51. The molecule has 0 aliphatic heterocycles. The van der Waals surface area contributed by atoms with Gasteiger partial charge in [0.05, 0.1) is 12.1 Å². The molecule has 156 valence electrons. The second-order valence-electron chi connectivity index (χ2n) is 8.38. The number of anilines is 1. The lowest BCUT2D eigenvalue weighted by molar-refractivity contribution is -0.121. The molecule has 2 fully saturated rings. The minimum absolute atomic E-state index is 0.0169. The highest BCUT2D eigenvalue weighted by molar-refractivity contribution is 5.85. The summed E-state index contributed by atoms with van der Waals surface area (Å²) in [6.07, 6.45) is 5.47. The Bertz CT molecular complexity index is 983. The number of carbonyl (C=O) groups excluding carboxylic acids is 1. The summed E-state index contributed by atoms with van der Waals surface area (Å²) in [7, 11) is 0. The van der Waals surface area contributed by atoms with Crippen LogP contribution in [0.25, 0.3) is 11.0 Å². The van der Waals surface area contributed by atoms with Crippen LogP contribution in [0.5, 0.6) is 6.01 Å². The molecule has 1 unspecified atom stereocenters. The number of hydrogen-bond acceptors (Lipinski definition) is 7. The SMILES string of the molecule is CC1CCC(Oc2nc(N)c3c(=O)ccn([C@H]4CC(C(N)=O)C[C@@H]4O)c3n2)CC1. The lowest BCUT2D eigenvalue weighted by Gasteiger charge is -2.26. The fraction of sp³-hybridized carbons (Fsp3) is 0.600. The highest BCUT2D eigenvalue weighted by Gasteiger charge is 2.37. The summed E-state index contributed by atoms with van der Waals surface area (Å²) in [5.41, 5.74) is 11.5. The molecule has 0 saturated heterocycles. The van der Waals surface area contributed by atoms with Crippen LogP contribution in [0, 0.1) is 11.8 Å². The lowest BCUT2D eigenvalue weighted by atomic mass is 9.89. The number of pyridine rings is 1. The number of aromatic nitrogens is 3. The number of nitrogens with zero attached hydrogens (tertiary/aromatic N) is 3. The van der Waals surface area contributed by atoms with E-state index in [2.05, 4.69) is 16.9 Å². The Balaban J connectivity index is 1.72. The van der Waals surface area contributed by atoms with Gasteiger partial charge in [-0.05, 0) is 44.4 Å². The molecule has 1 amide bonds. The van der Waals surface area contributed by atoms with Gasteiger partial charge in [-0.3, -0.25) is 9.59 Å². The van der Waals surface area contributed by atoms with Gasteiger partial charge in [-0.1, -0.05) is 6.92 Å². The topological polar surface area (TPSA) is 146 Å². The van der Waals surface area contributed by atoms with E-state index in [1.165, 1.54) is 6.07 Å². The van der Waals surface area contributed by atoms with Gasteiger partial charge in [0, 0.05) is 18.2 Å². The van der Waals surface area contributed by atoms with E-state index in [0.29, 0.717) is 18.0 Å². The van der Waals surface area contributed by atoms with Gasteiger partial charge < -0.3 is 25.9 Å². The van der Waals surface area contributed by atoms with Crippen LogP contribution < -0.4 is 21.6 Å². The largest absolute Gasteiger partial charge is 0.460 e. The van der Waals surface area contributed by atoms with Crippen molar-refractivity contribution in [3.8, 4) is 6.01 Å². The first-order valence-electron chi connectivity index (χ1n) is 10.2. The molecule has 9 heteroatoms. The van der Waals surface area contributed by atoms with Crippen molar-refractivity contribution in [3.63, 3.8) is 0 Å². The zero-order valence-corrected chi connectivity index (χ0v) is 16.5. The summed E-state index contributed by atoms with van der Waals surface area (Å²) in [6.45, 7) is 2.23. The smallest absolute Gasteiger partial charge is 0.320 e. The molecule has 2 aliphatic carbocycles. The first-order valence-corrected chi connectivity index (χ1v) is 10.2. The summed E-state index contributed by atoms with van der Waals surface area (Å²) in [6, 6.07) is 1.07. The van der Waals surface area contributed by atoms with Crippen molar-refractivity contribution in [2.24, 2.45) is 17.6 Å². The Morgan fingerprint density at radius 2 is 1.97 bits per heavy atom. The maximum Gasteiger partial charge on any atom is 0.320 e. The van der Waals surface area contributed by atoms with E-state index in [9.17, 15) is 14.7 Å². The van der Waals surface area contributed by atoms with Crippen LogP contribution in [0.15, 0.2) is 17.1 Å². The van der Waals surface area contributed by atoms with Crippen LogP contribution in [-0.2, 0) is 4.79 Å². The second-order valence-corrected chi connectivity index (χ2v) is 8.38. The van der Waals surface area contributed by atoms with Crippen molar-refractivity contribution in [2.75, 3.05) is 5.73 Å². The molecule has 0 aromatic carbocycles. The maximum absolute atomic E-state index is 12.4. The van der Waals surface area contributed by atoms with Gasteiger partial charge in [-0.2, -0.15) is 9.97 Å². The predicted octanol–water partition coefficient (Wildman–Crippen LogP) is 1.13. The molecule has 3 atom stereocenters. The number of fused-ring (bicyclic) bond motifs is 1. The highest BCUT2D eigenvalue weighted by Crippen LogP contribution is 2.36. The third kappa shape index (κ3) is 3.78. The number of nitrogen functional groups attached to an aromatic ring is 1. The third-order valence-corrected chi connectivity index (χ3v) is 6.27. The average Bonchev–Trinajstić information content (AvgIpc) is 3.05. The number of hydrogen-bond donors (Lipinski definition) is 3. The van der Waals surface area contributed by atoms with Gasteiger partial charge in [0.1, 0.15) is 17.3 Å². The van der Waals surface area contributed by atoms with Gasteiger partial charge in [-0.25, -0.2) is 0 Å². The zero-order valence-electron chi connectivity index (χ0n) is 16.5. The van der Waals surface area contributed by atoms with Gasteiger partial charge in [0.15, 0.2) is 11.1 Å². The normalized spacial score (nSPS) is 29.8. The number of nitrogens with two attached hydrogens (primary N) is 2. The molecule has 0 spiro atoms. The van der Waals surface area contributed by atoms with Gasteiger partial charge in [0.2, 0.25) is 5.91 Å². The Morgan fingerprint density at radius 1 is 1.24 bits per heavy atom. The summed E-state index contributed by atoms with van der Waals surface area (Å²) in [5.74, 6) is -0.137. The first kappa shape index (κ1) is 19.6. The van der Waals surface area contributed by atoms with Gasteiger partial charge >= 0.3 is 6.01 Å². The number of rotatable bonds is 4. The van der Waals surface area contributed by atoms with E-state index in [4.69, 9.17) is 16.2 Å². The van der Waals surface area contributed by atoms with Crippen molar-refractivity contribution in [1.29, 1.82) is 0 Å². The molecule has 2 saturated carbocycles. The molecule has 2 aliphatic rings. The van der Waals surface area contributed by atoms with E-state index < -0.39 is 24.0 Å². The molecular formula is C20H27N5O4. The van der Waals surface area contributed by atoms with E-state index in [1.807, 2.05) is 0 Å². The summed E-state index contributed by atoms with van der Waals surface area (Å²) < 4.78 is 7.67. The Labute approximate surface area is 168 Å². The average molecular weight is 401 g/mol. The number of primary amides is 1. The lowest BCUT2D eigenvalue weighted by Crippen LogP contribution is -2.25. The monoisotopic (exact) mass is 401 g/mol. The van der Waals surface area contributed by atoms with E-state index in [0.717, 1.165) is 25.7 Å². The first-order chi connectivity index (χ1) is 13.8. The third-order valence-electron chi connectivity index (χ3n) is 6.27. The number of carbonyl (C=O) groups is 1. The van der Waals surface area contributed by atoms with Gasteiger partial charge in [-0.15, -0.1) is 0 Å². The van der Waals surface area contributed by atoms with Crippen LogP contribution in [0.2, 0.25) is 0 Å². The van der Waals surface area contributed by atoms with Crippen LogP contribution in [0.3, 0.4) is 0 Å². The number of amides is 1. The predicted molar refractivity (Wildman–Crippen MR) is 107 cm³/mol. The van der Waals surface area contributed by atoms with E-state index in [-0.39, 0.29) is 35.2 Å². The summed E-state index contributed by atoms with van der Waals surface area (Å²) >= 11 is 0. The Hall–Kier alpha value is -2.68. The standard InChI is InChI=1S/C20H27N5O4/c1-10-2-4-12(5-3-10)29-20-23-17(21)16-14(26)6-7-25(19(16)24-20)13-8-11(18(22)28)9-15(13)27/h6-7,10-13,15,27H,2-5,8-9H2,1H3,(H2,22,28)(H2,21,23,24)/t10?,11?,12?,13-,15-/m0/s1. The number of ether oxygens (including phenoxy) is 1. The van der Waals surface area contributed by atoms with Crippen molar-refractivity contribution < 1.29 is 14.6 Å². The van der Waals surface area contributed by atoms with Crippen LogP contribution in [0.4, 0.5) is 5.82 Å². The van der Waals surface area contributed by atoms with Crippen molar-refractivity contribution in [2.45, 2.75) is 63.7 Å². The quantitative estimate of drug-likeness (QED) is 0.696. The summed E-state index contributed by atoms with van der Waals surface area (Å²) in [5, 5.41) is 10.7. The summed E-state index contributed by atoms with van der Waals surface area (Å²) in [4.78, 5) is 32.7. The molecule has 2 aromatic heterocycles. The molecule has 2 aromatic rings. The van der Waals surface area contributed by atoms with Crippen molar-refractivity contribution >= 4 is 22.8 Å². The second kappa shape index (κ2) is 7.62. The Kier molecular flexibility index (Phi) is 5.16. The molecule has 4 rings (SSSR count). The number of aliphatic hydroxyl groups is 1. The molecule has 5 N–H and O–H groups in total. The fourth-order valence-electron chi connectivity index (χ4n) is 4.51. The van der Waals surface area contributed by atoms with Crippen molar-refractivity contribution in [3.05, 3.63) is 22.5 Å². The van der Waals surface area contributed by atoms with Crippen LogP contribution in [-0.4, -0.2) is 37.8 Å². The molecular weight excluding hydrogens is 374 g/mol. The molecule has 0 bridgehead atoms. The zero-order chi connectivity index (χ0) is 20.7. The van der Waals surface area contributed by atoms with Crippen molar-refractivity contribution in [1.82, 2.24) is 14.5 Å². The highest BCUT2D eigenvalue weighted by atomic mass is 16.5. The molecule has 0 radical (unpaired) electrons. The maximum atomic E-state index is 12.4. The minimum Gasteiger partial charge on any atom is -0.460 e.